The zero-order valence-corrected chi connectivity index (χ0v) is 11.4. The van der Waals surface area contributed by atoms with Crippen LogP contribution >= 0.6 is 39.0 Å². The summed E-state index contributed by atoms with van der Waals surface area (Å²) in [7, 11) is 0. The van der Waals surface area contributed by atoms with Crippen LogP contribution in [0.3, 0.4) is 0 Å². The molecule has 0 radical (unpaired) electrons. The maximum absolute atomic E-state index is 11.3. The molecule has 2 aromatic heterocycles. The van der Waals surface area contributed by atoms with Crippen molar-refractivity contribution in [2.24, 2.45) is 0 Å². The highest BCUT2D eigenvalue weighted by Gasteiger charge is 2.11. The third-order valence-corrected chi connectivity index (χ3v) is 4.81. The molecule has 88 valence electrons. The molecule has 2 heterocycles. The summed E-state index contributed by atoms with van der Waals surface area (Å²) in [5.74, 6) is -0.959. The van der Waals surface area contributed by atoms with Crippen molar-refractivity contribution in [3.05, 3.63) is 37.5 Å². The monoisotopic (exact) mass is 332 g/mol. The van der Waals surface area contributed by atoms with Crippen LogP contribution in [0.25, 0.3) is 0 Å². The zero-order chi connectivity index (χ0) is 12.4. The molecule has 0 bridgehead atoms. The molecule has 0 aromatic carbocycles. The molecule has 0 fully saturated rings. The van der Waals surface area contributed by atoms with Gasteiger partial charge in [-0.3, -0.25) is 4.79 Å². The van der Waals surface area contributed by atoms with Crippen molar-refractivity contribution in [2.45, 2.75) is 9.92 Å². The van der Waals surface area contributed by atoms with E-state index in [1.165, 1.54) is 18.1 Å². The molecule has 2 N–H and O–H groups in total. The number of rotatable bonds is 3. The molecular weight excluding hydrogens is 328 g/mol. The van der Waals surface area contributed by atoms with Gasteiger partial charge in [-0.2, -0.15) is 0 Å². The lowest BCUT2D eigenvalue weighted by Crippen LogP contribution is -2.07. The minimum atomic E-state index is -0.959. The van der Waals surface area contributed by atoms with Crippen LogP contribution in [0.1, 0.15) is 9.67 Å². The lowest BCUT2D eigenvalue weighted by Gasteiger charge is -1.98. The second-order valence-corrected chi connectivity index (χ2v) is 5.67. The van der Waals surface area contributed by atoms with E-state index in [0.29, 0.717) is 9.50 Å². The fraction of sp³-hybridized carbons (Fsp3) is 0. The lowest BCUT2D eigenvalue weighted by atomic mass is 10.5. The average molecular weight is 333 g/mol. The molecule has 5 nitrogen and oxygen atoms in total. The van der Waals surface area contributed by atoms with Crippen LogP contribution in [-0.2, 0) is 0 Å². The highest BCUT2D eigenvalue weighted by molar-refractivity contribution is 9.10. The van der Waals surface area contributed by atoms with Crippen LogP contribution in [0.5, 0.6) is 0 Å². The van der Waals surface area contributed by atoms with Gasteiger partial charge in [0.15, 0.2) is 0 Å². The molecule has 0 unspecified atom stereocenters. The van der Waals surface area contributed by atoms with Gasteiger partial charge in [-0.15, -0.1) is 11.3 Å². The fourth-order valence-electron chi connectivity index (χ4n) is 1.03. The van der Waals surface area contributed by atoms with Crippen LogP contribution < -0.4 is 5.56 Å². The van der Waals surface area contributed by atoms with E-state index in [1.54, 1.807) is 11.4 Å². The summed E-state index contributed by atoms with van der Waals surface area (Å²) in [5.41, 5.74) is -0.267. The first-order chi connectivity index (χ1) is 8.08. The summed E-state index contributed by atoms with van der Waals surface area (Å²) in [4.78, 5) is 29.4. The van der Waals surface area contributed by atoms with Gasteiger partial charge in [0.05, 0.1) is 6.33 Å². The third kappa shape index (κ3) is 2.76. The van der Waals surface area contributed by atoms with Gasteiger partial charge < -0.3 is 10.1 Å². The van der Waals surface area contributed by atoms with Gasteiger partial charge in [-0.1, -0.05) is 11.8 Å². The first kappa shape index (κ1) is 12.3. The van der Waals surface area contributed by atoms with Crippen molar-refractivity contribution in [1.29, 1.82) is 0 Å². The highest BCUT2D eigenvalue weighted by atomic mass is 79.9. The van der Waals surface area contributed by atoms with E-state index < -0.39 is 5.97 Å². The molecule has 0 aliphatic rings. The minimum Gasteiger partial charge on any atom is -0.477 e. The number of carbonyl (C=O) groups is 1. The number of aromatic carboxylic acids is 1. The van der Waals surface area contributed by atoms with Gasteiger partial charge in [-0.25, -0.2) is 9.78 Å². The van der Waals surface area contributed by atoms with Gasteiger partial charge in [0, 0.05) is 10.3 Å². The minimum absolute atomic E-state index is 0.258. The standard InChI is InChI=1S/C9H5BrN2O3S2/c10-6-7(13)11-3-12-8(6)17-4-1-5(9(14)15)16-2-4/h1-3H,(H,14,15)(H,11,12,13). The number of carboxylic acids is 1. The molecule has 8 heteroatoms. The van der Waals surface area contributed by atoms with Crippen LogP contribution in [0.2, 0.25) is 0 Å². The summed E-state index contributed by atoms with van der Waals surface area (Å²) in [6.45, 7) is 0. The zero-order valence-electron chi connectivity index (χ0n) is 8.14. The number of hydrogen-bond donors (Lipinski definition) is 2. The number of carboxylic acid groups (broad SMARTS) is 1. The van der Waals surface area contributed by atoms with Crippen molar-refractivity contribution >= 4 is 45.0 Å². The van der Waals surface area contributed by atoms with Crippen molar-refractivity contribution in [1.82, 2.24) is 9.97 Å². The Kier molecular flexibility index (Phi) is 3.65. The van der Waals surface area contributed by atoms with E-state index in [2.05, 4.69) is 25.9 Å². The van der Waals surface area contributed by atoms with E-state index in [4.69, 9.17) is 5.11 Å². The first-order valence-corrected chi connectivity index (χ1v) is 6.79. The summed E-state index contributed by atoms with van der Waals surface area (Å²) in [6, 6.07) is 1.55. The molecule has 0 amide bonds. The van der Waals surface area contributed by atoms with E-state index in [1.807, 2.05) is 0 Å². The number of H-pyrrole nitrogens is 1. The van der Waals surface area contributed by atoms with Crippen LogP contribution in [0, 0.1) is 0 Å². The molecule has 0 aliphatic heterocycles. The van der Waals surface area contributed by atoms with E-state index in [0.717, 1.165) is 16.2 Å². The first-order valence-electron chi connectivity index (χ1n) is 4.31. The number of nitrogens with zero attached hydrogens (tertiary/aromatic N) is 1. The summed E-state index contributed by atoms with van der Waals surface area (Å²) >= 11 is 5.51. The summed E-state index contributed by atoms with van der Waals surface area (Å²) in [6.07, 6.45) is 1.31. The average Bonchev–Trinajstić information content (AvgIpc) is 2.73. The predicted molar refractivity (Wildman–Crippen MR) is 68.0 cm³/mol. The molecule has 0 aliphatic carbocycles. The van der Waals surface area contributed by atoms with Gasteiger partial charge >= 0.3 is 5.97 Å². The van der Waals surface area contributed by atoms with E-state index in [-0.39, 0.29) is 10.4 Å². The molecule has 2 aromatic rings. The number of halogens is 1. The van der Waals surface area contributed by atoms with Crippen LogP contribution in [0.4, 0.5) is 0 Å². The van der Waals surface area contributed by atoms with Crippen molar-refractivity contribution in [3.8, 4) is 0 Å². The Labute approximate surface area is 112 Å². The summed E-state index contributed by atoms with van der Waals surface area (Å²) < 4.78 is 0.341. The van der Waals surface area contributed by atoms with Gasteiger partial charge in [0.25, 0.3) is 5.56 Å². The number of thiophene rings is 1. The highest BCUT2D eigenvalue weighted by Crippen LogP contribution is 2.32. The van der Waals surface area contributed by atoms with Crippen molar-refractivity contribution < 1.29 is 9.90 Å². The molecule has 2 rings (SSSR count). The van der Waals surface area contributed by atoms with Gasteiger partial charge in [0.2, 0.25) is 0 Å². The molecule has 0 saturated heterocycles. The van der Waals surface area contributed by atoms with E-state index in [9.17, 15) is 9.59 Å². The Morgan fingerprint density at radius 3 is 3.00 bits per heavy atom. The quantitative estimate of drug-likeness (QED) is 0.843. The number of nitrogens with one attached hydrogen (secondary N) is 1. The number of aromatic nitrogens is 2. The predicted octanol–water partition coefficient (Wildman–Crippen LogP) is 2.44. The normalized spacial score (nSPS) is 10.4. The fourth-order valence-corrected chi connectivity index (χ4v) is 3.20. The maximum atomic E-state index is 11.3. The topological polar surface area (TPSA) is 83.0 Å². The van der Waals surface area contributed by atoms with Crippen molar-refractivity contribution in [2.75, 3.05) is 0 Å². The van der Waals surface area contributed by atoms with E-state index >= 15 is 0 Å². The smallest absolute Gasteiger partial charge is 0.345 e. The SMILES string of the molecule is O=C(O)c1cc(Sc2nc[nH]c(=O)c2Br)cs1. The second-order valence-electron chi connectivity index (χ2n) is 2.90. The maximum Gasteiger partial charge on any atom is 0.345 e. The van der Waals surface area contributed by atoms with Gasteiger partial charge in [0.1, 0.15) is 14.4 Å². The van der Waals surface area contributed by atoms with Crippen LogP contribution in [-0.4, -0.2) is 21.0 Å². The Morgan fingerprint density at radius 2 is 2.35 bits per heavy atom. The lowest BCUT2D eigenvalue weighted by molar-refractivity contribution is 0.0702. The largest absolute Gasteiger partial charge is 0.477 e. The number of aromatic amines is 1. The van der Waals surface area contributed by atoms with Crippen molar-refractivity contribution in [3.63, 3.8) is 0 Å². The summed E-state index contributed by atoms with van der Waals surface area (Å²) in [5, 5.41) is 11.0. The molecule has 0 spiro atoms. The Hall–Kier alpha value is -1.12. The second kappa shape index (κ2) is 5.03. The van der Waals surface area contributed by atoms with Gasteiger partial charge in [-0.05, 0) is 22.0 Å². The Bertz CT molecular complexity index is 623. The third-order valence-electron chi connectivity index (χ3n) is 1.77. The molecule has 17 heavy (non-hydrogen) atoms. The Morgan fingerprint density at radius 1 is 1.59 bits per heavy atom. The Balaban J connectivity index is 2.28. The molecule has 0 atom stereocenters. The number of hydrogen-bond acceptors (Lipinski definition) is 5. The van der Waals surface area contributed by atoms with Crippen LogP contribution in [0.15, 0.2) is 37.0 Å². The molecule has 0 saturated carbocycles. The molecular formula is C9H5BrN2O3S2.